The van der Waals surface area contributed by atoms with Gasteiger partial charge in [-0.3, -0.25) is 4.79 Å². The molecule has 2 rings (SSSR count). The quantitative estimate of drug-likeness (QED) is 0.685. The van der Waals surface area contributed by atoms with Gasteiger partial charge >= 0.3 is 0 Å². The largest absolute Gasteiger partial charge is 0.384 e. The zero-order chi connectivity index (χ0) is 9.97. The van der Waals surface area contributed by atoms with Gasteiger partial charge in [-0.2, -0.15) is 0 Å². The zero-order valence-corrected chi connectivity index (χ0v) is 7.86. The average Bonchev–Trinajstić information content (AvgIpc) is 2.19. The van der Waals surface area contributed by atoms with Gasteiger partial charge in [-0.05, 0) is 24.0 Å². The minimum absolute atomic E-state index is 0.123. The van der Waals surface area contributed by atoms with Gasteiger partial charge in [-0.15, -0.1) is 0 Å². The molecule has 0 spiro atoms. The predicted molar refractivity (Wildman–Crippen MR) is 53.6 cm³/mol. The Morgan fingerprint density at radius 1 is 1.50 bits per heavy atom. The lowest BCUT2D eigenvalue weighted by atomic mass is 9.91. The molecule has 0 aliphatic carbocycles. The van der Waals surface area contributed by atoms with E-state index in [9.17, 15) is 4.79 Å². The third-order valence-corrected chi connectivity index (χ3v) is 2.53. The standard InChI is InChI=1S/C10H13N3O/c11-9-2-1-8(6-13-9)7-3-4-12-10(14)5-7/h1-2,6-7H,3-5H2,(H2,11,13)(H,12,14). The molecule has 4 heteroatoms. The van der Waals surface area contributed by atoms with Crippen LogP contribution in [0, 0.1) is 0 Å². The molecular formula is C10H13N3O. The monoisotopic (exact) mass is 191 g/mol. The first-order valence-corrected chi connectivity index (χ1v) is 4.74. The van der Waals surface area contributed by atoms with Crippen molar-refractivity contribution in [3.63, 3.8) is 0 Å². The summed E-state index contributed by atoms with van der Waals surface area (Å²) in [5.41, 5.74) is 6.60. The van der Waals surface area contributed by atoms with Gasteiger partial charge in [-0.25, -0.2) is 4.98 Å². The first-order valence-electron chi connectivity index (χ1n) is 4.74. The number of hydrogen-bond donors (Lipinski definition) is 2. The third-order valence-electron chi connectivity index (χ3n) is 2.53. The van der Waals surface area contributed by atoms with Gasteiger partial charge in [0.1, 0.15) is 5.82 Å². The summed E-state index contributed by atoms with van der Waals surface area (Å²) < 4.78 is 0. The maximum Gasteiger partial charge on any atom is 0.220 e. The fraction of sp³-hybridized carbons (Fsp3) is 0.400. The molecule has 0 saturated carbocycles. The molecule has 74 valence electrons. The molecule has 1 saturated heterocycles. The lowest BCUT2D eigenvalue weighted by Gasteiger charge is -2.21. The van der Waals surface area contributed by atoms with E-state index in [0.717, 1.165) is 18.5 Å². The van der Waals surface area contributed by atoms with Crippen LogP contribution >= 0.6 is 0 Å². The van der Waals surface area contributed by atoms with E-state index in [4.69, 9.17) is 5.73 Å². The van der Waals surface area contributed by atoms with Crippen LogP contribution in [-0.2, 0) is 4.79 Å². The fourth-order valence-electron chi connectivity index (χ4n) is 1.73. The molecule has 1 aliphatic heterocycles. The van der Waals surface area contributed by atoms with Gasteiger partial charge in [-0.1, -0.05) is 6.07 Å². The SMILES string of the molecule is Nc1ccc(C2CCNC(=O)C2)cn1. The minimum Gasteiger partial charge on any atom is -0.384 e. The number of rotatable bonds is 1. The van der Waals surface area contributed by atoms with Crippen molar-refractivity contribution in [3.05, 3.63) is 23.9 Å². The highest BCUT2D eigenvalue weighted by atomic mass is 16.1. The van der Waals surface area contributed by atoms with E-state index in [0.29, 0.717) is 18.2 Å². The number of nitrogens with zero attached hydrogens (tertiary/aromatic N) is 1. The predicted octanol–water partition coefficient (Wildman–Crippen LogP) is 0.657. The maximum absolute atomic E-state index is 11.2. The molecule has 0 bridgehead atoms. The lowest BCUT2D eigenvalue weighted by Crippen LogP contribution is -2.32. The van der Waals surface area contributed by atoms with Crippen molar-refractivity contribution in [1.29, 1.82) is 0 Å². The zero-order valence-electron chi connectivity index (χ0n) is 7.86. The van der Waals surface area contributed by atoms with Crippen LogP contribution in [0.3, 0.4) is 0 Å². The number of piperidine rings is 1. The van der Waals surface area contributed by atoms with Crippen LogP contribution in [0.2, 0.25) is 0 Å². The van der Waals surface area contributed by atoms with Crippen molar-refractivity contribution in [2.45, 2.75) is 18.8 Å². The van der Waals surface area contributed by atoms with Crippen molar-refractivity contribution in [2.24, 2.45) is 0 Å². The molecule has 2 heterocycles. The molecule has 14 heavy (non-hydrogen) atoms. The summed E-state index contributed by atoms with van der Waals surface area (Å²) in [6.07, 6.45) is 3.31. The van der Waals surface area contributed by atoms with Crippen LogP contribution in [0.5, 0.6) is 0 Å². The second kappa shape index (κ2) is 3.65. The van der Waals surface area contributed by atoms with Gasteiger partial charge in [0, 0.05) is 19.2 Å². The molecular weight excluding hydrogens is 178 g/mol. The molecule has 1 amide bonds. The van der Waals surface area contributed by atoms with Crippen LogP contribution in [0.15, 0.2) is 18.3 Å². The summed E-state index contributed by atoms with van der Waals surface area (Å²) in [5.74, 6) is 0.948. The number of carbonyl (C=O) groups is 1. The van der Waals surface area contributed by atoms with E-state index in [1.54, 1.807) is 12.3 Å². The highest BCUT2D eigenvalue weighted by Crippen LogP contribution is 2.25. The van der Waals surface area contributed by atoms with Crippen molar-refractivity contribution in [1.82, 2.24) is 10.3 Å². The summed E-state index contributed by atoms with van der Waals surface area (Å²) >= 11 is 0. The normalized spacial score (nSPS) is 21.7. The Morgan fingerprint density at radius 2 is 2.36 bits per heavy atom. The number of anilines is 1. The highest BCUT2D eigenvalue weighted by molar-refractivity contribution is 5.77. The Hall–Kier alpha value is -1.58. The summed E-state index contributed by atoms with van der Waals surface area (Å²) in [7, 11) is 0. The number of nitrogens with two attached hydrogens (primary N) is 1. The molecule has 1 unspecified atom stereocenters. The van der Waals surface area contributed by atoms with Gasteiger partial charge in [0.2, 0.25) is 5.91 Å². The Balaban J connectivity index is 2.14. The molecule has 1 aliphatic rings. The van der Waals surface area contributed by atoms with E-state index < -0.39 is 0 Å². The molecule has 1 aromatic heterocycles. The second-order valence-electron chi connectivity index (χ2n) is 3.56. The van der Waals surface area contributed by atoms with Crippen LogP contribution in [0.4, 0.5) is 5.82 Å². The second-order valence-corrected chi connectivity index (χ2v) is 3.56. The first-order chi connectivity index (χ1) is 6.75. The van der Waals surface area contributed by atoms with Crippen molar-refractivity contribution >= 4 is 11.7 Å². The molecule has 0 aromatic carbocycles. The first kappa shape index (κ1) is 8.99. The smallest absolute Gasteiger partial charge is 0.220 e. The van der Waals surface area contributed by atoms with Crippen LogP contribution < -0.4 is 11.1 Å². The van der Waals surface area contributed by atoms with Crippen molar-refractivity contribution < 1.29 is 4.79 Å². The summed E-state index contributed by atoms with van der Waals surface area (Å²) in [4.78, 5) is 15.2. The summed E-state index contributed by atoms with van der Waals surface area (Å²) in [5, 5.41) is 2.81. The number of aromatic nitrogens is 1. The van der Waals surface area contributed by atoms with Gasteiger partial charge in [0.25, 0.3) is 0 Å². The Morgan fingerprint density at radius 3 is 3.00 bits per heavy atom. The maximum atomic E-state index is 11.2. The number of carbonyl (C=O) groups excluding carboxylic acids is 1. The van der Waals surface area contributed by atoms with E-state index in [1.807, 2.05) is 6.07 Å². The Bertz CT molecular complexity index is 334. The van der Waals surface area contributed by atoms with E-state index in [2.05, 4.69) is 10.3 Å². The number of nitrogens with one attached hydrogen (secondary N) is 1. The number of nitrogen functional groups attached to an aromatic ring is 1. The number of pyridine rings is 1. The molecule has 4 nitrogen and oxygen atoms in total. The van der Waals surface area contributed by atoms with Gasteiger partial charge in [0.15, 0.2) is 0 Å². The highest BCUT2D eigenvalue weighted by Gasteiger charge is 2.20. The molecule has 1 aromatic rings. The number of hydrogen-bond acceptors (Lipinski definition) is 3. The lowest BCUT2D eigenvalue weighted by molar-refractivity contribution is -0.122. The third kappa shape index (κ3) is 1.84. The Labute approximate surface area is 82.5 Å². The average molecular weight is 191 g/mol. The van der Waals surface area contributed by atoms with Crippen LogP contribution in [0.1, 0.15) is 24.3 Å². The summed E-state index contributed by atoms with van der Waals surface area (Å²) in [6.45, 7) is 0.758. The molecule has 0 radical (unpaired) electrons. The van der Waals surface area contributed by atoms with Gasteiger partial charge in [0.05, 0.1) is 0 Å². The number of amides is 1. The summed E-state index contributed by atoms with van der Waals surface area (Å²) in [6, 6.07) is 3.73. The van der Waals surface area contributed by atoms with Crippen molar-refractivity contribution in [3.8, 4) is 0 Å². The van der Waals surface area contributed by atoms with E-state index in [1.165, 1.54) is 0 Å². The Kier molecular flexibility index (Phi) is 2.35. The molecule has 1 atom stereocenters. The molecule has 3 N–H and O–H groups in total. The van der Waals surface area contributed by atoms with Gasteiger partial charge < -0.3 is 11.1 Å². The van der Waals surface area contributed by atoms with E-state index in [-0.39, 0.29) is 5.91 Å². The minimum atomic E-state index is 0.123. The fourth-order valence-corrected chi connectivity index (χ4v) is 1.73. The topological polar surface area (TPSA) is 68.0 Å². The van der Waals surface area contributed by atoms with Crippen molar-refractivity contribution in [2.75, 3.05) is 12.3 Å². The van der Waals surface area contributed by atoms with Crippen LogP contribution in [0.25, 0.3) is 0 Å². The molecule has 1 fully saturated rings. The van der Waals surface area contributed by atoms with E-state index >= 15 is 0 Å². The van der Waals surface area contributed by atoms with Crippen LogP contribution in [-0.4, -0.2) is 17.4 Å².